The molecule has 2 N–H and O–H groups in total. The Morgan fingerprint density at radius 1 is 1.36 bits per heavy atom. The van der Waals surface area contributed by atoms with Gasteiger partial charge >= 0.3 is 6.09 Å². The van der Waals surface area contributed by atoms with Gasteiger partial charge in [-0.2, -0.15) is 0 Å². The number of hydrogen-bond acceptors (Lipinski definition) is 4. The molecule has 0 saturated carbocycles. The third kappa shape index (κ3) is 5.48. The van der Waals surface area contributed by atoms with Gasteiger partial charge in [0.1, 0.15) is 5.60 Å². The average Bonchev–Trinajstić information content (AvgIpc) is 2.83. The Bertz CT molecular complexity index is 404. The van der Waals surface area contributed by atoms with Crippen molar-refractivity contribution in [3.63, 3.8) is 0 Å². The molecule has 0 aromatic heterocycles. The molecule has 2 atom stereocenters. The molecule has 0 unspecified atom stereocenters. The average molecular weight is 313 g/mol. The number of hydrogen-bond donors (Lipinski definition) is 1. The summed E-state index contributed by atoms with van der Waals surface area (Å²) < 4.78 is 5.38. The van der Waals surface area contributed by atoms with Crippen LogP contribution < -0.4 is 5.73 Å². The molecule has 6 heteroatoms. The van der Waals surface area contributed by atoms with E-state index in [2.05, 4.69) is 0 Å². The molecule has 0 radical (unpaired) electrons. The second-order valence-corrected chi connectivity index (χ2v) is 7.57. The predicted octanol–water partition coefficient (Wildman–Crippen LogP) is 1.69. The highest BCUT2D eigenvalue weighted by molar-refractivity contribution is 5.81. The Balaban J connectivity index is 2.47. The van der Waals surface area contributed by atoms with Crippen LogP contribution >= 0.6 is 0 Å². The van der Waals surface area contributed by atoms with E-state index in [-0.39, 0.29) is 23.8 Å². The molecule has 0 aromatic rings. The highest BCUT2D eigenvalue weighted by Crippen LogP contribution is 2.20. The van der Waals surface area contributed by atoms with Crippen molar-refractivity contribution in [2.24, 2.45) is 17.6 Å². The van der Waals surface area contributed by atoms with Crippen LogP contribution in [0.3, 0.4) is 0 Å². The topological polar surface area (TPSA) is 75.9 Å². The minimum absolute atomic E-state index is 0.0364. The van der Waals surface area contributed by atoms with E-state index in [9.17, 15) is 9.59 Å². The lowest BCUT2D eigenvalue weighted by molar-refractivity contribution is -0.132. The first kappa shape index (κ1) is 18.7. The van der Waals surface area contributed by atoms with Crippen molar-refractivity contribution < 1.29 is 14.3 Å². The van der Waals surface area contributed by atoms with E-state index < -0.39 is 11.6 Å². The number of carbonyl (C=O) groups excluding carboxylic acids is 2. The predicted molar refractivity (Wildman–Crippen MR) is 86.4 cm³/mol. The molecule has 1 rings (SSSR count). The Morgan fingerprint density at radius 3 is 2.45 bits per heavy atom. The van der Waals surface area contributed by atoms with Gasteiger partial charge in [0.25, 0.3) is 0 Å². The molecule has 2 amide bonds. The molecule has 0 spiro atoms. The number of nitrogens with zero attached hydrogens (tertiary/aromatic N) is 2. The highest BCUT2D eigenvalue weighted by atomic mass is 16.6. The molecule has 1 saturated heterocycles. The van der Waals surface area contributed by atoms with Crippen LogP contribution in [0.5, 0.6) is 0 Å². The lowest BCUT2D eigenvalue weighted by atomic mass is 10.0. The van der Waals surface area contributed by atoms with Crippen LogP contribution in [0.2, 0.25) is 0 Å². The molecule has 0 aromatic carbocycles. The van der Waals surface area contributed by atoms with Crippen LogP contribution in [0.15, 0.2) is 0 Å². The van der Waals surface area contributed by atoms with Crippen LogP contribution in [0.25, 0.3) is 0 Å². The summed E-state index contributed by atoms with van der Waals surface area (Å²) in [5, 5.41) is 0. The van der Waals surface area contributed by atoms with E-state index in [0.717, 1.165) is 6.42 Å². The van der Waals surface area contributed by atoms with Gasteiger partial charge in [-0.05, 0) is 39.0 Å². The summed E-state index contributed by atoms with van der Waals surface area (Å²) in [7, 11) is 1.78. The zero-order chi connectivity index (χ0) is 17.1. The minimum atomic E-state index is -0.480. The largest absolute Gasteiger partial charge is 0.444 e. The smallest absolute Gasteiger partial charge is 0.410 e. The van der Waals surface area contributed by atoms with Crippen LogP contribution in [0, 0.1) is 11.8 Å². The quantitative estimate of drug-likeness (QED) is 0.857. The van der Waals surface area contributed by atoms with E-state index >= 15 is 0 Å². The van der Waals surface area contributed by atoms with Crippen LogP contribution in [0.1, 0.15) is 41.0 Å². The van der Waals surface area contributed by atoms with Gasteiger partial charge in [-0.3, -0.25) is 4.79 Å². The van der Waals surface area contributed by atoms with Crippen molar-refractivity contribution in [1.29, 1.82) is 0 Å². The number of likely N-dealkylation sites (tertiary alicyclic amines) is 1. The fraction of sp³-hybridized carbons (Fsp3) is 0.875. The molecule has 6 nitrogen and oxygen atoms in total. The maximum atomic E-state index is 12.2. The van der Waals surface area contributed by atoms with Gasteiger partial charge in [0.05, 0.1) is 6.04 Å². The van der Waals surface area contributed by atoms with Crippen LogP contribution in [-0.2, 0) is 9.53 Å². The van der Waals surface area contributed by atoms with Crippen molar-refractivity contribution in [1.82, 2.24) is 9.80 Å². The summed E-state index contributed by atoms with van der Waals surface area (Å²) in [4.78, 5) is 27.6. The summed E-state index contributed by atoms with van der Waals surface area (Å²) in [5.74, 6) is 0.364. The lowest BCUT2D eigenvalue weighted by Crippen LogP contribution is -2.46. The molecule has 22 heavy (non-hydrogen) atoms. The number of rotatable bonds is 4. The summed E-state index contributed by atoms with van der Waals surface area (Å²) in [6, 6.07) is -0.464. The Labute approximate surface area is 134 Å². The first-order valence-electron chi connectivity index (χ1n) is 7.99. The maximum absolute atomic E-state index is 12.2. The SMILES string of the molecule is CC(C)[C@H](N)C(=O)N(C)C[C@@H]1CCN(C(=O)OC(C)(C)C)C1. The summed E-state index contributed by atoms with van der Waals surface area (Å²) in [6.07, 6.45) is 0.608. The summed E-state index contributed by atoms with van der Waals surface area (Å²) in [6.45, 7) is 11.4. The molecule has 0 bridgehead atoms. The molecule has 1 aliphatic heterocycles. The Morgan fingerprint density at radius 2 is 1.95 bits per heavy atom. The first-order chi connectivity index (χ1) is 10.0. The minimum Gasteiger partial charge on any atom is -0.444 e. The van der Waals surface area contributed by atoms with Gasteiger partial charge in [-0.15, -0.1) is 0 Å². The second kappa shape index (κ2) is 7.31. The molecule has 1 fully saturated rings. The van der Waals surface area contributed by atoms with Gasteiger partial charge in [-0.25, -0.2) is 4.79 Å². The van der Waals surface area contributed by atoms with E-state index in [1.165, 1.54) is 0 Å². The van der Waals surface area contributed by atoms with Gasteiger partial charge in [0.15, 0.2) is 0 Å². The lowest BCUT2D eigenvalue weighted by Gasteiger charge is -2.27. The number of likely N-dealkylation sites (N-methyl/N-ethyl adjacent to an activating group) is 1. The van der Waals surface area contributed by atoms with Crippen LogP contribution in [0.4, 0.5) is 4.79 Å². The fourth-order valence-corrected chi connectivity index (χ4v) is 2.49. The number of amides is 2. The zero-order valence-electron chi connectivity index (χ0n) is 14.8. The number of nitrogens with two attached hydrogens (primary N) is 1. The maximum Gasteiger partial charge on any atom is 0.410 e. The van der Waals surface area contributed by atoms with Crippen LogP contribution in [-0.4, -0.2) is 60.1 Å². The van der Waals surface area contributed by atoms with Crippen molar-refractivity contribution >= 4 is 12.0 Å². The first-order valence-corrected chi connectivity index (χ1v) is 7.99. The Kier molecular flexibility index (Phi) is 6.23. The highest BCUT2D eigenvalue weighted by Gasteiger charge is 2.31. The fourth-order valence-electron chi connectivity index (χ4n) is 2.49. The summed E-state index contributed by atoms with van der Waals surface area (Å²) in [5.41, 5.74) is 5.42. The molecule has 1 aliphatic rings. The number of ether oxygens (including phenoxy) is 1. The van der Waals surface area contributed by atoms with Gasteiger partial charge in [0, 0.05) is 26.7 Å². The standard InChI is InChI=1S/C16H31N3O3/c1-11(2)13(17)14(20)18(6)9-12-7-8-19(10-12)15(21)22-16(3,4)5/h11-13H,7-10,17H2,1-6H3/t12-,13-/m0/s1. The third-order valence-corrected chi connectivity index (χ3v) is 3.85. The molecular formula is C16H31N3O3. The summed E-state index contributed by atoms with van der Waals surface area (Å²) >= 11 is 0. The van der Waals surface area contributed by atoms with E-state index in [1.54, 1.807) is 16.8 Å². The van der Waals surface area contributed by atoms with Crippen molar-refractivity contribution in [3.8, 4) is 0 Å². The van der Waals surface area contributed by atoms with Gasteiger partial charge in [0.2, 0.25) is 5.91 Å². The Hall–Kier alpha value is -1.30. The van der Waals surface area contributed by atoms with E-state index in [1.807, 2.05) is 34.6 Å². The van der Waals surface area contributed by atoms with Crippen molar-refractivity contribution in [3.05, 3.63) is 0 Å². The zero-order valence-corrected chi connectivity index (χ0v) is 14.8. The monoisotopic (exact) mass is 313 g/mol. The molecular weight excluding hydrogens is 282 g/mol. The molecule has 0 aliphatic carbocycles. The van der Waals surface area contributed by atoms with Crippen molar-refractivity contribution in [2.45, 2.75) is 52.7 Å². The van der Waals surface area contributed by atoms with Gasteiger partial charge < -0.3 is 20.3 Å². The second-order valence-electron chi connectivity index (χ2n) is 7.57. The third-order valence-electron chi connectivity index (χ3n) is 3.85. The molecule has 128 valence electrons. The molecule has 1 heterocycles. The van der Waals surface area contributed by atoms with E-state index in [4.69, 9.17) is 10.5 Å². The van der Waals surface area contributed by atoms with Gasteiger partial charge in [-0.1, -0.05) is 13.8 Å². The number of carbonyl (C=O) groups is 2. The van der Waals surface area contributed by atoms with Crippen molar-refractivity contribution in [2.75, 3.05) is 26.7 Å². The van der Waals surface area contributed by atoms with E-state index in [0.29, 0.717) is 19.6 Å². The normalized spacial score (nSPS) is 20.2.